The zero-order chi connectivity index (χ0) is 57.4. The molecule has 17 rings (SSSR count). The molecule has 0 spiro atoms. The molecule has 7 heteroatoms. The fraction of sp³-hybridized carbons (Fsp3) is 0.0250. The maximum Gasteiger partial charge on any atom is 0.135 e. The molecule has 7 heterocycles. The molecule has 1 unspecified atom stereocenters. The van der Waals surface area contributed by atoms with Crippen molar-refractivity contribution in [3.05, 3.63) is 309 Å². The predicted molar refractivity (Wildman–Crippen MR) is 356 cm³/mol. The highest BCUT2D eigenvalue weighted by Gasteiger charge is 2.27. The van der Waals surface area contributed by atoms with Crippen LogP contribution in [0.1, 0.15) is 22.7 Å². The van der Waals surface area contributed by atoms with Crippen molar-refractivity contribution in [2.75, 3.05) is 0 Å². The lowest BCUT2D eigenvalue weighted by molar-refractivity contribution is 0.669. The van der Waals surface area contributed by atoms with Gasteiger partial charge in [-0.3, -0.25) is 19.9 Å². The Morgan fingerprint density at radius 3 is 1.17 bits per heavy atom. The van der Waals surface area contributed by atoms with Crippen LogP contribution in [0.3, 0.4) is 0 Å². The van der Waals surface area contributed by atoms with Gasteiger partial charge in [-0.15, -0.1) is 0 Å². The molecule has 408 valence electrons. The summed E-state index contributed by atoms with van der Waals surface area (Å²) in [5.41, 5.74) is 25.9. The smallest absolute Gasteiger partial charge is 0.135 e. The van der Waals surface area contributed by atoms with Crippen molar-refractivity contribution < 1.29 is 4.42 Å². The van der Waals surface area contributed by atoms with Crippen molar-refractivity contribution in [2.45, 2.75) is 12.3 Å². The van der Waals surface area contributed by atoms with Gasteiger partial charge in [0, 0.05) is 97.0 Å². The number of hydrogen-bond donors (Lipinski definition) is 0. The molecule has 0 aliphatic heterocycles. The summed E-state index contributed by atoms with van der Waals surface area (Å²) < 4.78 is 11.6. The molecule has 87 heavy (non-hydrogen) atoms. The number of benzene rings is 9. The number of pyridine rings is 4. The average molecular weight is 1110 g/mol. The third-order valence-electron chi connectivity index (χ3n) is 17.6. The number of aromatic nitrogens is 6. The lowest BCUT2D eigenvalue weighted by atomic mass is 9.83. The second-order valence-electron chi connectivity index (χ2n) is 22.4. The molecule has 7 nitrogen and oxygen atoms in total. The van der Waals surface area contributed by atoms with Gasteiger partial charge < -0.3 is 13.6 Å². The van der Waals surface area contributed by atoms with Gasteiger partial charge in [0.2, 0.25) is 0 Å². The van der Waals surface area contributed by atoms with E-state index in [0.717, 1.165) is 145 Å². The molecule has 0 fully saturated rings. The highest BCUT2D eigenvalue weighted by atomic mass is 16.3. The van der Waals surface area contributed by atoms with E-state index >= 15 is 0 Å². The lowest BCUT2D eigenvalue weighted by Gasteiger charge is -2.22. The first-order valence-electron chi connectivity index (χ1n) is 29.6. The van der Waals surface area contributed by atoms with E-state index in [9.17, 15) is 0 Å². The van der Waals surface area contributed by atoms with Crippen LogP contribution in [0, 0.1) is 0 Å². The molecular formula is C80H52N6O. The maximum atomic E-state index is 6.77. The Morgan fingerprint density at radius 2 is 0.713 bits per heavy atom. The fourth-order valence-electron chi connectivity index (χ4n) is 13.6. The number of fused-ring (bicyclic) bond motifs is 9. The normalized spacial score (nSPS) is 13.1. The number of hydrogen-bond acceptors (Lipinski definition) is 5. The zero-order valence-electron chi connectivity index (χ0n) is 47.2. The molecule has 1 aliphatic carbocycles. The fourth-order valence-corrected chi connectivity index (χ4v) is 13.6. The number of furan rings is 1. The Morgan fingerprint density at radius 1 is 0.322 bits per heavy atom. The Bertz CT molecular complexity index is 5230. The minimum absolute atomic E-state index is 0.127. The number of allylic oxidation sites excluding steroid dienone is 1. The van der Waals surface area contributed by atoms with Gasteiger partial charge in [0.15, 0.2) is 0 Å². The third kappa shape index (κ3) is 8.50. The van der Waals surface area contributed by atoms with Crippen molar-refractivity contribution in [1.82, 2.24) is 29.1 Å². The van der Waals surface area contributed by atoms with E-state index in [-0.39, 0.29) is 5.92 Å². The Balaban J connectivity index is 0.834. The highest BCUT2D eigenvalue weighted by molar-refractivity contribution is 6.13. The minimum atomic E-state index is 0.127. The third-order valence-corrected chi connectivity index (χ3v) is 17.6. The van der Waals surface area contributed by atoms with E-state index in [1.54, 1.807) is 0 Å². The van der Waals surface area contributed by atoms with E-state index in [1.165, 1.54) is 22.2 Å². The van der Waals surface area contributed by atoms with E-state index in [4.69, 9.17) is 24.4 Å². The van der Waals surface area contributed by atoms with Crippen LogP contribution in [0.4, 0.5) is 0 Å². The largest absolute Gasteiger partial charge is 0.456 e. The Kier molecular flexibility index (Phi) is 11.9. The molecule has 1 aliphatic rings. The van der Waals surface area contributed by atoms with Crippen LogP contribution < -0.4 is 0 Å². The van der Waals surface area contributed by atoms with Gasteiger partial charge in [-0.1, -0.05) is 146 Å². The molecule has 0 radical (unpaired) electrons. The van der Waals surface area contributed by atoms with Crippen molar-refractivity contribution >= 4 is 60.7 Å². The Labute approximate surface area is 502 Å². The second-order valence-corrected chi connectivity index (χ2v) is 22.4. The molecule has 0 saturated carbocycles. The van der Waals surface area contributed by atoms with Crippen LogP contribution in [0.15, 0.2) is 296 Å². The van der Waals surface area contributed by atoms with Crippen LogP contribution in [0.2, 0.25) is 0 Å². The van der Waals surface area contributed by atoms with Crippen LogP contribution >= 0.6 is 0 Å². The van der Waals surface area contributed by atoms with Crippen LogP contribution in [0.5, 0.6) is 0 Å². The molecule has 0 bridgehead atoms. The second kappa shape index (κ2) is 20.7. The van der Waals surface area contributed by atoms with Crippen molar-refractivity contribution in [2.24, 2.45) is 0 Å². The van der Waals surface area contributed by atoms with Gasteiger partial charge in [0.25, 0.3) is 0 Å². The summed E-state index contributed by atoms with van der Waals surface area (Å²) >= 11 is 0. The molecule has 16 aromatic rings. The average Bonchev–Trinajstić information content (AvgIpc) is 1.70. The van der Waals surface area contributed by atoms with E-state index < -0.39 is 0 Å². The summed E-state index contributed by atoms with van der Waals surface area (Å²) in [6, 6.07) is 93.2. The first-order chi connectivity index (χ1) is 43.1. The highest BCUT2D eigenvalue weighted by Crippen LogP contribution is 2.46. The van der Waals surface area contributed by atoms with Gasteiger partial charge in [-0.25, -0.2) is 0 Å². The molecule has 0 amide bonds. The molecule has 0 saturated heterocycles. The van der Waals surface area contributed by atoms with Gasteiger partial charge in [-0.05, 0) is 178 Å². The van der Waals surface area contributed by atoms with Crippen LogP contribution in [-0.4, -0.2) is 29.1 Å². The quantitative estimate of drug-likeness (QED) is 0.136. The topological polar surface area (TPSA) is 74.6 Å². The summed E-state index contributed by atoms with van der Waals surface area (Å²) in [5.74, 6) is 0.127. The first-order valence-corrected chi connectivity index (χ1v) is 29.6. The maximum absolute atomic E-state index is 6.77. The Hall–Kier alpha value is -11.5. The van der Waals surface area contributed by atoms with Crippen molar-refractivity contribution in [3.63, 3.8) is 0 Å². The van der Waals surface area contributed by atoms with Gasteiger partial charge in [0.1, 0.15) is 11.2 Å². The summed E-state index contributed by atoms with van der Waals surface area (Å²) in [5, 5.41) is 5.61. The summed E-state index contributed by atoms with van der Waals surface area (Å²) in [6.07, 6.45) is 13.0. The van der Waals surface area contributed by atoms with E-state index in [1.807, 2.05) is 49.1 Å². The van der Waals surface area contributed by atoms with Crippen LogP contribution in [0.25, 0.3) is 151 Å². The lowest BCUT2D eigenvalue weighted by Crippen LogP contribution is -2.08. The molecule has 9 aromatic carbocycles. The number of rotatable bonds is 10. The molecule has 0 N–H and O–H groups in total. The van der Waals surface area contributed by atoms with Gasteiger partial charge in [-0.2, -0.15) is 0 Å². The summed E-state index contributed by atoms with van der Waals surface area (Å²) in [6.45, 7) is 0. The van der Waals surface area contributed by atoms with E-state index in [0.29, 0.717) is 0 Å². The van der Waals surface area contributed by atoms with E-state index in [2.05, 4.69) is 258 Å². The monoisotopic (exact) mass is 1110 g/mol. The molecule has 7 aromatic heterocycles. The minimum Gasteiger partial charge on any atom is -0.456 e. The van der Waals surface area contributed by atoms with Gasteiger partial charge >= 0.3 is 0 Å². The number of nitrogens with zero attached hydrogens (tertiary/aromatic N) is 6. The van der Waals surface area contributed by atoms with Crippen LogP contribution in [-0.2, 0) is 6.42 Å². The SMILES string of the molecule is C1=CC(c2ccccc2-c2ccccn2)Cc2c1n(-c1ccc3oc4ccc(-n5c6ccc(-c7ccccc7-c7ccccn7)cc6c6cc(-c7ccccc7-c7ccccn7)ccc65)cc4c3c1)c1ccc(-c3ccccc3-c3ccccn3)cc21. The summed E-state index contributed by atoms with van der Waals surface area (Å²) in [7, 11) is 0. The first kappa shape index (κ1) is 50.0. The predicted octanol–water partition coefficient (Wildman–Crippen LogP) is 20.2. The molecule has 1 atom stereocenters. The van der Waals surface area contributed by atoms with Crippen molar-refractivity contribution in [1.29, 1.82) is 0 Å². The standard InChI is InChI=1S/C80H52N6O/c1-5-21-61(71-25-9-13-41-81-71)57(17-1)51-29-35-75-65(45-51)66-46-52(58-18-2-6-22-62(58)72-26-10-14-42-82-72)30-36-76(66)85(75)55-33-39-79-69(49-55)70-50-56(34-40-80(70)87-79)86-77-37-31-53(59-19-3-7-23-63(59)73-27-11-15-43-83-73)47-67(77)68-48-54(32-38-78(68)86)60-20-4-8-24-64(60)74-28-12-16-44-84-74/h1-47,49-50,54H,48H2. The summed E-state index contributed by atoms with van der Waals surface area (Å²) in [4.78, 5) is 19.2. The zero-order valence-corrected chi connectivity index (χ0v) is 47.2. The molecular weight excluding hydrogens is 1060 g/mol. The van der Waals surface area contributed by atoms with Gasteiger partial charge in [0.05, 0.1) is 39.3 Å². The van der Waals surface area contributed by atoms with Crippen molar-refractivity contribution in [3.8, 4) is 89.8 Å².